The van der Waals surface area contributed by atoms with Gasteiger partial charge in [0.15, 0.2) is 11.6 Å². The number of rotatable bonds is 6. The van der Waals surface area contributed by atoms with Gasteiger partial charge in [-0.2, -0.15) is 5.26 Å². The molecule has 1 aromatic carbocycles. The lowest BCUT2D eigenvalue weighted by atomic mass is 10.0. The number of aryl methyl sites for hydroxylation is 1. The zero-order chi connectivity index (χ0) is 21.6. The molecule has 0 fully saturated rings. The summed E-state index contributed by atoms with van der Waals surface area (Å²) in [6, 6.07) is 7.30. The molecule has 0 saturated carbocycles. The third-order valence-corrected chi connectivity index (χ3v) is 3.81. The van der Waals surface area contributed by atoms with Gasteiger partial charge in [-0.05, 0) is 36.8 Å². The Morgan fingerprint density at radius 2 is 2.07 bits per heavy atom. The van der Waals surface area contributed by atoms with E-state index in [0.717, 1.165) is 12.1 Å². The van der Waals surface area contributed by atoms with Crippen LogP contribution in [-0.4, -0.2) is 29.0 Å². The third-order valence-electron chi connectivity index (χ3n) is 3.70. The molecule has 29 heavy (non-hydrogen) atoms. The number of aromatic nitrogens is 1. The Morgan fingerprint density at radius 3 is 2.66 bits per heavy atom. The van der Waals surface area contributed by atoms with Gasteiger partial charge in [-0.3, -0.25) is 15.0 Å². The molecule has 0 bridgehead atoms. The molecule has 148 valence electrons. The van der Waals surface area contributed by atoms with Crippen molar-refractivity contribution in [1.29, 1.82) is 10.7 Å². The lowest BCUT2D eigenvalue weighted by molar-refractivity contribution is -0.112. The fourth-order valence-corrected chi connectivity index (χ4v) is 2.51. The summed E-state index contributed by atoms with van der Waals surface area (Å²) in [5, 5.41) is 23.5. The van der Waals surface area contributed by atoms with Crippen molar-refractivity contribution in [3.63, 3.8) is 0 Å². The van der Waals surface area contributed by atoms with Gasteiger partial charge in [-0.1, -0.05) is 11.6 Å². The fraction of sp³-hybridized carbons (Fsp3) is 0.105. The van der Waals surface area contributed by atoms with Gasteiger partial charge in [0.2, 0.25) is 0 Å². The van der Waals surface area contributed by atoms with E-state index >= 15 is 0 Å². The molecule has 8 nitrogen and oxygen atoms in total. The number of allylic oxidation sites excluding steroid dienone is 1. The summed E-state index contributed by atoms with van der Waals surface area (Å²) < 4.78 is 13.9. The summed E-state index contributed by atoms with van der Waals surface area (Å²) in [7, 11) is 1.41. The van der Waals surface area contributed by atoms with E-state index in [2.05, 4.69) is 20.9 Å². The normalized spacial score (nSPS) is 10.7. The van der Waals surface area contributed by atoms with E-state index in [-0.39, 0.29) is 28.3 Å². The summed E-state index contributed by atoms with van der Waals surface area (Å²) >= 11 is 5.57. The number of halogens is 2. The highest BCUT2D eigenvalue weighted by atomic mass is 35.5. The molecule has 0 saturated heterocycles. The van der Waals surface area contributed by atoms with Gasteiger partial charge >= 0.3 is 0 Å². The second-order valence-electron chi connectivity index (χ2n) is 5.73. The number of nitrogens with one attached hydrogen (secondary N) is 4. The number of carbonyl (C=O) groups is 2. The second kappa shape index (κ2) is 9.43. The van der Waals surface area contributed by atoms with Crippen LogP contribution in [0.2, 0.25) is 0 Å². The van der Waals surface area contributed by atoms with E-state index in [4.69, 9.17) is 22.3 Å². The van der Waals surface area contributed by atoms with Gasteiger partial charge in [-0.15, -0.1) is 0 Å². The molecular formula is C19H16ClFN6O2. The molecule has 2 aromatic rings. The molecular weight excluding hydrogens is 399 g/mol. The highest BCUT2D eigenvalue weighted by Gasteiger charge is 2.20. The van der Waals surface area contributed by atoms with Crippen LogP contribution in [0.25, 0.3) is 0 Å². The lowest BCUT2D eigenvalue weighted by Crippen LogP contribution is -2.25. The molecule has 10 heteroatoms. The Labute approximate surface area is 170 Å². The zero-order valence-electron chi connectivity index (χ0n) is 15.4. The molecule has 0 radical (unpaired) electrons. The minimum atomic E-state index is -0.793. The molecule has 1 heterocycles. The largest absolute Gasteiger partial charge is 0.355 e. The summed E-state index contributed by atoms with van der Waals surface area (Å²) in [5.41, 5.74) is 0.658. The van der Waals surface area contributed by atoms with Crippen LogP contribution in [0.15, 0.2) is 42.2 Å². The van der Waals surface area contributed by atoms with Crippen molar-refractivity contribution in [3.05, 3.63) is 64.7 Å². The molecule has 4 N–H and O–H groups in total. The van der Waals surface area contributed by atoms with Crippen molar-refractivity contribution >= 4 is 40.1 Å². The van der Waals surface area contributed by atoms with E-state index in [1.807, 2.05) is 6.07 Å². The summed E-state index contributed by atoms with van der Waals surface area (Å²) in [6.45, 7) is 1.61. The molecule has 0 aliphatic heterocycles. The zero-order valence-corrected chi connectivity index (χ0v) is 16.2. The maximum Gasteiger partial charge on any atom is 0.272 e. The average Bonchev–Trinajstić information content (AvgIpc) is 2.69. The lowest BCUT2D eigenvalue weighted by Gasteiger charge is -2.16. The maximum absolute atomic E-state index is 13.9. The molecule has 0 aliphatic rings. The first-order valence-corrected chi connectivity index (χ1v) is 8.56. The van der Waals surface area contributed by atoms with Crippen molar-refractivity contribution in [1.82, 2.24) is 10.3 Å². The van der Waals surface area contributed by atoms with Crippen LogP contribution in [0.4, 0.5) is 15.9 Å². The Morgan fingerprint density at radius 1 is 1.34 bits per heavy atom. The Hall–Kier alpha value is -3.77. The molecule has 2 rings (SSSR count). The van der Waals surface area contributed by atoms with Crippen LogP contribution in [0, 0.1) is 29.5 Å². The molecule has 0 aliphatic carbocycles. The standard InChI is InChI=1S/C19H16ClFN6O2/c1-10-6-11(9-22)7-12(18(28)24-2)16(10)27-19(29)14(8-15(20)23)26-17-13(21)4-3-5-25-17/h3-8,23H,1-2H3,(H,24,28)(H,25,26)(H,27,29)/b14-8-,23-15?. The van der Waals surface area contributed by atoms with Crippen molar-refractivity contribution in [3.8, 4) is 6.07 Å². The first-order valence-electron chi connectivity index (χ1n) is 8.18. The Bertz CT molecular complexity index is 1060. The molecule has 2 amide bonds. The number of benzene rings is 1. The summed E-state index contributed by atoms with van der Waals surface area (Å²) in [4.78, 5) is 28.8. The topological polar surface area (TPSA) is 131 Å². The number of hydrogen-bond acceptors (Lipinski definition) is 6. The number of amides is 2. The van der Waals surface area contributed by atoms with Crippen LogP contribution in [-0.2, 0) is 4.79 Å². The molecule has 0 atom stereocenters. The van der Waals surface area contributed by atoms with E-state index in [1.54, 1.807) is 6.92 Å². The van der Waals surface area contributed by atoms with Gasteiger partial charge in [0, 0.05) is 19.3 Å². The van der Waals surface area contributed by atoms with Crippen molar-refractivity contribution in [2.24, 2.45) is 0 Å². The van der Waals surface area contributed by atoms with Gasteiger partial charge in [0.25, 0.3) is 11.8 Å². The number of nitriles is 1. The van der Waals surface area contributed by atoms with E-state index < -0.39 is 22.8 Å². The first-order chi connectivity index (χ1) is 13.8. The van der Waals surface area contributed by atoms with Gasteiger partial charge in [0.1, 0.15) is 10.9 Å². The molecule has 0 spiro atoms. The highest BCUT2D eigenvalue weighted by molar-refractivity contribution is 6.67. The summed E-state index contributed by atoms with van der Waals surface area (Å²) in [6.07, 6.45) is 2.30. The minimum Gasteiger partial charge on any atom is -0.355 e. The quantitative estimate of drug-likeness (QED) is 0.426. The molecule has 1 aromatic heterocycles. The Kier molecular flexibility index (Phi) is 7.00. The van der Waals surface area contributed by atoms with Crippen molar-refractivity contribution in [2.75, 3.05) is 17.7 Å². The maximum atomic E-state index is 13.9. The number of hydrogen-bond donors (Lipinski definition) is 4. The van der Waals surface area contributed by atoms with Crippen molar-refractivity contribution < 1.29 is 14.0 Å². The SMILES string of the molecule is CNC(=O)c1cc(C#N)cc(C)c1NC(=O)/C(=C/C(=N)Cl)Nc1ncccc1F. The minimum absolute atomic E-state index is 0.0710. The van der Waals surface area contributed by atoms with Gasteiger partial charge in [0.05, 0.1) is 22.9 Å². The van der Waals surface area contributed by atoms with Crippen LogP contribution in [0.5, 0.6) is 0 Å². The fourth-order valence-electron chi connectivity index (χ4n) is 2.40. The monoisotopic (exact) mass is 414 g/mol. The van der Waals surface area contributed by atoms with E-state index in [1.165, 1.54) is 31.4 Å². The second-order valence-corrected chi connectivity index (χ2v) is 6.13. The van der Waals surface area contributed by atoms with E-state index in [9.17, 15) is 14.0 Å². The van der Waals surface area contributed by atoms with Crippen LogP contribution < -0.4 is 16.0 Å². The number of anilines is 2. The highest BCUT2D eigenvalue weighted by Crippen LogP contribution is 2.24. The smallest absolute Gasteiger partial charge is 0.272 e. The van der Waals surface area contributed by atoms with Gasteiger partial charge < -0.3 is 16.0 Å². The first kappa shape index (κ1) is 21.5. The number of nitrogens with zero attached hydrogens (tertiary/aromatic N) is 2. The van der Waals surface area contributed by atoms with Crippen LogP contribution in [0.1, 0.15) is 21.5 Å². The predicted molar refractivity (Wildman–Crippen MR) is 107 cm³/mol. The predicted octanol–water partition coefficient (Wildman–Crippen LogP) is 2.91. The number of carbonyl (C=O) groups excluding carboxylic acids is 2. The Balaban J connectivity index is 2.44. The third kappa shape index (κ3) is 5.37. The van der Waals surface area contributed by atoms with Crippen molar-refractivity contribution in [2.45, 2.75) is 6.92 Å². The van der Waals surface area contributed by atoms with Gasteiger partial charge in [-0.25, -0.2) is 9.37 Å². The van der Waals surface area contributed by atoms with Crippen LogP contribution in [0.3, 0.4) is 0 Å². The average molecular weight is 415 g/mol. The number of pyridine rings is 1. The van der Waals surface area contributed by atoms with Crippen LogP contribution >= 0.6 is 11.6 Å². The molecule has 0 unspecified atom stereocenters. The van der Waals surface area contributed by atoms with E-state index in [0.29, 0.717) is 5.56 Å². The summed E-state index contributed by atoms with van der Waals surface area (Å²) in [5.74, 6) is -2.26.